The van der Waals surface area contributed by atoms with Gasteiger partial charge >= 0.3 is 0 Å². The molecule has 1 heterocycles. The molecular weight excluding hydrogens is 230 g/mol. The summed E-state index contributed by atoms with van der Waals surface area (Å²) in [6.45, 7) is 9.61. The molecule has 2 N–H and O–H groups in total. The number of nitrogens with two attached hydrogens (primary N) is 1. The molecule has 2 atom stereocenters. The maximum atomic E-state index is 5.64. The molecule has 0 radical (unpaired) electrons. The average molecular weight is 255 g/mol. The summed E-state index contributed by atoms with van der Waals surface area (Å²) in [5, 5.41) is 4.02. The number of hydrogen-bond acceptors (Lipinski definition) is 5. The second-order valence-electron chi connectivity index (χ2n) is 5.05. The highest BCUT2D eigenvalue weighted by molar-refractivity contribution is 4.93. The van der Waals surface area contributed by atoms with Crippen molar-refractivity contribution in [2.45, 2.75) is 46.6 Å². The number of rotatable bonds is 8. The molecule has 18 heavy (non-hydrogen) atoms. The normalized spacial score (nSPS) is 15.0. The van der Waals surface area contributed by atoms with Crippen molar-refractivity contribution in [3.63, 3.8) is 0 Å². The second kappa shape index (κ2) is 7.48. The third kappa shape index (κ3) is 4.38. The van der Waals surface area contributed by atoms with Crippen LogP contribution in [0.15, 0.2) is 4.52 Å². The van der Waals surface area contributed by atoms with E-state index < -0.39 is 0 Å². The summed E-state index contributed by atoms with van der Waals surface area (Å²) in [5.41, 5.74) is 5.58. The highest BCUT2D eigenvalue weighted by Crippen LogP contribution is 2.23. The fraction of sp³-hybridized carbons (Fsp3) is 0.846. The van der Waals surface area contributed by atoms with E-state index in [4.69, 9.17) is 15.0 Å². The fourth-order valence-electron chi connectivity index (χ4n) is 1.72. The van der Waals surface area contributed by atoms with Gasteiger partial charge in [-0.05, 0) is 31.7 Å². The van der Waals surface area contributed by atoms with Gasteiger partial charge in [0.15, 0.2) is 0 Å². The smallest absolute Gasteiger partial charge is 0.226 e. The monoisotopic (exact) mass is 255 g/mol. The molecule has 0 aliphatic rings. The Bertz CT molecular complexity index is 339. The first-order chi connectivity index (χ1) is 8.58. The van der Waals surface area contributed by atoms with E-state index in [1.54, 1.807) is 0 Å². The third-order valence-corrected chi connectivity index (χ3v) is 2.94. The summed E-state index contributed by atoms with van der Waals surface area (Å²) in [6.07, 6.45) is 1.67. The van der Waals surface area contributed by atoms with Crippen LogP contribution in [0.2, 0.25) is 0 Å². The van der Waals surface area contributed by atoms with Crippen LogP contribution in [0.25, 0.3) is 0 Å². The van der Waals surface area contributed by atoms with Gasteiger partial charge in [0.1, 0.15) is 6.10 Å². The number of hydrogen-bond donors (Lipinski definition) is 1. The number of ether oxygens (including phenoxy) is 1. The minimum Gasteiger partial charge on any atom is -0.370 e. The van der Waals surface area contributed by atoms with Gasteiger partial charge in [-0.3, -0.25) is 0 Å². The van der Waals surface area contributed by atoms with Gasteiger partial charge in [0, 0.05) is 13.0 Å². The van der Waals surface area contributed by atoms with E-state index in [1.807, 2.05) is 6.92 Å². The van der Waals surface area contributed by atoms with Crippen molar-refractivity contribution in [2.24, 2.45) is 17.6 Å². The summed E-state index contributed by atoms with van der Waals surface area (Å²) < 4.78 is 10.9. The third-order valence-electron chi connectivity index (χ3n) is 2.94. The molecule has 0 aliphatic heterocycles. The Morgan fingerprint density at radius 3 is 2.61 bits per heavy atom. The van der Waals surface area contributed by atoms with Crippen molar-refractivity contribution < 1.29 is 9.26 Å². The van der Waals surface area contributed by atoms with Crippen LogP contribution in [0.1, 0.15) is 51.9 Å². The maximum absolute atomic E-state index is 5.64. The molecule has 1 rings (SSSR count). The Kier molecular flexibility index (Phi) is 6.29. The van der Waals surface area contributed by atoms with Crippen LogP contribution in [-0.4, -0.2) is 23.3 Å². The summed E-state index contributed by atoms with van der Waals surface area (Å²) in [4.78, 5) is 4.41. The molecule has 0 amide bonds. The summed E-state index contributed by atoms with van der Waals surface area (Å²) in [5.74, 6) is 2.14. The van der Waals surface area contributed by atoms with Gasteiger partial charge in [-0.2, -0.15) is 4.98 Å². The zero-order valence-corrected chi connectivity index (χ0v) is 11.8. The quantitative estimate of drug-likeness (QED) is 0.771. The zero-order chi connectivity index (χ0) is 13.5. The van der Waals surface area contributed by atoms with E-state index in [0.29, 0.717) is 36.7 Å². The van der Waals surface area contributed by atoms with E-state index in [2.05, 4.69) is 30.9 Å². The van der Waals surface area contributed by atoms with Gasteiger partial charge in [-0.15, -0.1) is 0 Å². The molecule has 1 aromatic rings. The van der Waals surface area contributed by atoms with Gasteiger partial charge in [-0.1, -0.05) is 25.9 Å². The first-order valence-electron chi connectivity index (χ1n) is 6.72. The Morgan fingerprint density at radius 1 is 1.33 bits per heavy atom. The van der Waals surface area contributed by atoms with Crippen molar-refractivity contribution in [1.29, 1.82) is 0 Å². The highest BCUT2D eigenvalue weighted by Gasteiger charge is 2.22. The van der Waals surface area contributed by atoms with E-state index in [-0.39, 0.29) is 6.10 Å². The van der Waals surface area contributed by atoms with Crippen LogP contribution in [0, 0.1) is 11.8 Å². The predicted octanol–water partition coefficient (Wildman–Crippen LogP) is 2.33. The van der Waals surface area contributed by atoms with Gasteiger partial charge in [-0.25, -0.2) is 0 Å². The van der Waals surface area contributed by atoms with Gasteiger partial charge in [0.25, 0.3) is 0 Å². The van der Waals surface area contributed by atoms with Crippen molar-refractivity contribution in [3.8, 4) is 0 Å². The Labute approximate surface area is 109 Å². The van der Waals surface area contributed by atoms with E-state index >= 15 is 0 Å². The fourth-order valence-corrected chi connectivity index (χ4v) is 1.72. The van der Waals surface area contributed by atoms with E-state index in [1.165, 1.54) is 0 Å². The maximum Gasteiger partial charge on any atom is 0.226 e. The molecule has 0 aromatic carbocycles. The molecule has 2 unspecified atom stereocenters. The summed E-state index contributed by atoms with van der Waals surface area (Å²) >= 11 is 0. The first-order valence-corrected chi connectivity index (χ1v) is 6.72. The van der Waals surface area contributed by atoms with Crippen LogP contribution in [0.3, 0.4) is 0 Å². The minimum absolute atomic E-state index is 0.0839. The lowest BCUT2D eigenvalue weighted by molar-refractivity contribution is 0.0217. The molecule has 0 aliphatic carbocycles. The minimum atomic E-state index is -0.0839. The summed E-state index contributed by atoms with van der Waals surface area (Å²) in [6, 6.07) is 0. The number of aromatic nitrogens is 2. The van der Waals surface area contributed by atoms with Crippen LogP contribution in [0.5, 0.6) is 0 Å². The molecule has 0 spiro atoms. The van der Waals surface area contributed by atoms with Crippen LogP contribution in [0.4, 0.5) is 0 Å². The lowest BCUT2D eigenvalue weighted by atomic mass is 10.1. The molecule has 1 aromatic heterocycles. The average Bonchev–Trinajstić information content (AvgIpc) is 2.80. The molecule has 104 valence electrons. The van der Waals surface area contributed by atoms with E-state index in [9.17, 15) is 0 Å². The predicted molar refractivity (Wildman–Crippen MR) is 70.0 cm³/mol. The van der Waals surface area contributed by atoms with E-state index in [0.717, 1.165) is 12.8 Å². The standard InChI is InChI=1S/C13H25N3O2/c1-5-17-12(9(2)3)13-15-11(18-16-13)7-6-10(4)8-14/h9-10,12H,5-8,14H2,1-4H3. The summed E-state index contributed by atoms with van der Waals surface area (Å²) in [7, 11) is 0. The van der Waals surface area contributed by atoms with Crippen molar-refractivity contribution in [1.82, 2.24) is 10.1 Å². The Hall–Kier alpha value is -0.940. The van der Waals surface area contributed by atoms with Crippen LogP contribution < -0.4 is 5.73 Å². The van der Waals surface area contributed by atoms with Gasteiger partial charge < -0.3 is 15.0 Å². The number of nitrogens with zero attached hydrogens (tertiary/aromatic N) is 2. The van der Waals surface area contributed by atoms with Crippen LogP contribution in [-0.2, 0) is 11.2 Å². The SMILES string of the molecule is CCOC(c1noc(CCC(C)CN)n1)C(C)C. The molecule has 0 saturated heterocycles. The highest BCUT2D eigenvalue weighted by atomic mass is 16.5. The van der Waals surface area contributed by atoms with Crippen molar-refractivity contribution in [2.75, 3.05) is 13.2 Å². The molecule has 0 bridgehead atoms. The first kappa shape index (κ1) is 15.1. The van der Waals surface area contributed by atoms with Gasteiger partial charge in [0.05, 0.1) is 0 Å². The molecule has 0 fully saturated rings. The Morgan fingerprint density at radius 2 is 2.06 bits per heavy atom. The molecule has 0 saturated carbocycles. The van der Waals surface area contributed by atoms with Crippen molar-refractivity contribution in [3.05, 3.63) is 11.7 Å². The molecular formula is C13H25N3O2. The number of aryl methyl sites for hydroxylation is 1. The Balaban J connectivity index is 2.60. The van der Waals surface area contributed by atoms with Gasteiger partial charge in [0.2, 0.25) is 11.7 Å². The largest absolute Gasteiger partial charge is 0.370 e. The lowest BCUT2D eigenvalue weighted by Gasteiger charge is -2.16. The topological polar surface area (TPSA) is 74.2 Å². The van der Waals surface area contributed by atoms with Crippen LogP contribution >= 0.6 is 0 Å². The lowest BCUT2D eigenvalue weighted by Crippen LogP contribution is -2.13. The molecule has 5 heteroatoms. The second-order valence-corrected chi connectivity index (χ2v) is 5.05. The van der Waals surface area contributed by atoms with Crippen molar-refractivity contribution >= 4 is 0 Å². The zero-order valence-electron chi connectivity index (χ0n) is 11.8. The molecule has 5 nitrogen and oxygen atoms in total.